The molecule has 0 aromatic heterocycles. The molecule has 0 aromatic rings. The molecule has 0 saturated heterocycles. The predicted octanol–water partition coefficient (Wildman–Crippen LogP) is 16.2. The number of allylic oxidation sites excluding steroid dienone is 6. The fourth-order valence-corrected chi connectivity index (χ4v) is 6.93. The van der Waals surface area contributed by atoms with Gasteiger partial charge in [0.2, 0.25) is 0 Å². The highest BCUT2D eigenvalue weighted by molar-refractivity contribution is 5.70. The zero-order valence-corrected chi connectivity index (χ0v) is 37.7. The van der Waals surface area contributed by atoms with E-state index in [0.29, 0.717) is 19.4 Å². The lowest BCUT2D eigenvalue weighted by Crippen LogP contribution is -2.30. The van der Waals surface area contributed by atoms with Crippen molar-refractivity contribution in [2.45, 2.75) is 258 Å². The van der Waals surface area contributed by atoms with Crippen LogP contribution in [0, 0.1) is 0 Å². The topological polar surface area (TPSA) is 61.8 Å². The van der Waals surface area contributed by atoms with Crippen LogP contribution in [0.5, 0.6) is 0 Å². The van der Waals surface area contributed by atoms with Gasteiger partial charge in [-0.1, -0.05) is 205 Å². The molecule has 5 nitrogen and oxygen atoms in total. The van der Waals surface area contributed by atoms with Crippen molar-refractivity contribution in [2.75, 3.05) is 19.8 Å². The second kappa shape index (κ2) is 47.5. The maximum Gasteiger partial charge on any atom is 0.306 e. The molecule has 0 aliphatic rings. The molecule has 0 saturated carbocycles. The zero-order chi connectivity index (χ0) is 40.7. The lowest BCUT2D eigenvalue weighted by Gasteiger charge is -2.18. The molecule has 0 rings (SSSR count). The molecule has 0 bridgehead atoms. The molecule has 0 radical (unpaired) electrons. The van der Waals surface area contributed by atoms with Gasteiger partial charge in [-0.2, -0.15) is 0 Å². The molecular weight excluding hydrogens is 693 g/mol. The van der Waals surface area contributed by atoms with Gasteiger partial charge in [0.05, 0.1) is 6.61 Å². The predicted molar refractivity (Wildman–Crippen MR) is 242 cm³/mol. The quantitative estimate of drug-likeness (QED) is 0.0349. The number of ether oxygens (including phenoxy) is 3. The summed E-state index contributed by atoms with van der Waals surface area (Å²) in [4.78, 5) is 25.3. The Morgan fingerprint density at radius 3 is 1.29 bits per heavy atom. The van der Waals surface area contributed by atoms with E-state index in [0.717, 1.165) is 51.4 Å². The van der Waals surface area contributed by atoms with Crippen LogP contribution >= 0.6 is 0 Å². The van der Waals surface area contributed by atoms with E-state index >= 15 is 0 Å². The number of unbranched alkanes of at least 4 members (excludes halogenated alkanes) is 28. The molecule has 1 atom stereocenters. The van der Waals surface area contributed by atoms with E-state index in [9.17, 15) is 9.59 Å². The fourth-order valence-electron chi connectivity index (χ4n) is 6.93. The first-order valence-electron chi connectivity index (χ1n) is 24.5. The summed E-state index contributed by atoms with van der Waals surface area (Å²) in [5, 5.41) is 0. The van der Waals surface area contributed by atoms with Crippen molar-refractivity contribution in [1.82, 2.24) is 0 Å². The third kappa shape index (κ3) is 44.8. The molecule has 0 aromatic carbocycles. The van der Waals surface area contributed by atoms with E-state index in [1.165, 1.54) is 167 Å². The fraction of sp³-hybridized carbons (Fsp3) is 0.843. The highest BCUT2D eigenvalue weighted by atomic mass is 16.6. The van der Waals surface area contributed by atoms with Crippen LogP contribution in [0.1, 0.15) is 252 Å². The summed E-state index contributed by atoms with van der Waals surface area (Å²) in [6.07, 6.45) is 55.7. The van der Waals surface area contributed by atoms with Crippen LogP contribution in [0.2, 0.25) is 0 Å². The number of esters is 2. The molecule has 0 aliphatic carbocycles. The maximum atomic E-state index is 12.7. The smallest absolute Gasteiger partial charge is 0.306 e. The highest BCUT2D eigenvalue weighted by Gasteiger charge is 2.17. The van der Waals surface area contributed by atoms with Crippen LogP contribution in [-0.4, -0.2) is 37.9 Å². The first-order valence-corrected chi connectivity index (χ1v) is 24.5. The Kier molecular flexibility index (Phi) is 45.9. The van der Waals surface area contributed by atoms with Crippen LogP contribution in [0.4, 0.5) is 0 Å². The van der Waals surface area contributed by atoms with Crippen molar-refractivity contribution in [3.05, 3.63) is 36.5 Å². The molecule has 56 heavy (non-hydrogen) atoms. The number of carbonyl (C=O) groups excluding carboxylic acids is 2. The van der Waals surface area contributed by atoms with Crippen molar-refractivity contribution in [3.63, 3.8) is 0 Å². The summed E-state index contributed by atoms with van der Waals surface area (Å²) in [6, 6.07) is 0. The van der Waals surface area contributed by atoms with Crippen molar-refractivity contribution in [1.29, 1.82) is 0 Å². The van der Waals surface area contributed by atoms with Gasteiger partial charge >= 0.3 is 11.9 Å². The van der Waals surface area contributed by atoms with Crippen LogP contribution < -0.4 is 0 Å². The molecule has 1 unspecified atom stereocenters. The SMILES string of the molecule is CCCC/C=C\CCCCCCCCOCC(COC(=O)CCCCCCCCC/C=C\C/C=C\CCCCC)OC(=O)CCCCCCCCCCCCC. The first kappa shape index (κ1) is 54.1. The molecule has 5 heteroatoms. The largest absolute Gasteiger partial charge is 0.462 e. The second-order valence-corrected chi connectivity index (χ2v) is 16.4. The third-order valence-electron chi connectivity index (χ3n) is 10.6. The van der Waals surface area contributed by atoms with E-state index in [4.69, 9.17) is 14.2 Å². The normalized spacial score (nSPS) is 12.4. The average Bonchev–Trinajstić information content (AvgIpc) is 3.20. The molecule has 0 N–H and O–H groups in total. The highest BCUT2D eigenvalue weighted by Crippen LogP contribution is 2.14. The average molecular weight is 787 g/mol. The van der Waals surface area contributed by atoms with Gasteiger partial charge in [-0.05, 0) is 70.6 Å². The second-order valence-electron chi connectivity index (χ2n) is 16.4. The van der Waals surface area contributed by atoms with Crippen molar-refractivity contribution >= 4 is 11.9 Å². The number of carbonyl (C=O) groups is 2. The Hall–Kier alpha value is -1.88. The zero-order valence-electron chi connectivity index (χ0n) is 37.7. The van der Waals surface area contributed by atoms with Gasteiger partial charge in [0.15, 0.2) is 6.10 Å². The molecule has 328 valence electrons. The van der Waals surface area contributed by atoms with E-state index in [2.05, 4.69) is 57.2 Å². The number of rotatable bonds is 45. The summed E-state index contributed by atoms with van der Waals surface area (Å²) < 4.78 is 17.3. The van der Waals surface area contributed by atoms with Crippen LogP contribution in [0.3, 0.4) is 0 Å². The summed E-state index contributed by atoms with van der Waals surface area (Å²) in [5.74, 6) is -0.400. The van der Waals surface area contributed by atoms with Gasteiger partial charge in [-0.3, -0.25) is 9.59 Å². The Morgan fingerprint density at radius 1 is 0.393 bits per heavy atom. The van der Waals surface area contributed by atoms with Gasteiger partial charge in [0.1, 0.15) is 6.61 Å². The Morgan fingerprint density at radius 2 is 0.768 bits per heavy atom. The van der Waals surface area contributed by atoms with Crippen LogP contribution in [0.25, 0.3) is 0 Å². The Bertz CT molecular complexity index is 893. The van der Waals surface area contributed by atoms with E-state index in [-0.39, 0.29) is 25.2 Å². The summed E-state index contributed by atoms with van der Waals surface area (Å²) in [5.41, 5.74) is 0. The summed E-state index contributed by atoms with van der Waals surface area (Å²) >= 11 is 0. The Labute approximate surface area is 349 Å². The van der Waals surface area contributed by atoms with Gasteiger partial charge in [-0.15, -0.1) is 0 Å². The molecule has 0 fully saturated rings. The third-order valence-corrected chi connectivity index (χ3v) is 10.6. The Balaban J connectivity index is 4.22. The van der Waals surface area contributed by atoms with Gasteiger partial charge in [-0.25, -0.2) is 0 Å². The molecular formula is C51H94O5. The lowest BCUT2D eigenvalue weighted by molar-refractivity contribution is -0.163. The van der Waals surface area contributed by atoms with Crippen molar-refractivity contribution < 1.29 is 23.8 Å². The van der Waals surface area contributed by atoms with Crippen molar-refractivity contribution in [2.24, 2.45) is 0 Å². The van der Waals surface area contributed by atoms with E-state index in [1.807, 2.05) is 0 Å². The standard InChI is InChI=1S/C51H94O5/c1-4-7-10-13-16-19-22-24-25-26-27-28-30-32-35-38-41-44-50(52)55-48-49(47-54-46-43-40-37-34-31-23-20-17-14-11-8-5-2)56-51(53)45-42-39-36-33-29-21-18-15-12-9-6-3/h14,16-17,19,24-25,49H,4-13,15,18,20-23,26-48H2,1-3H3/b17-14-,19-16-,25-24-. The van der Waals surface area contributed by atoms with Crippen molar-refractivity contribution in [3.8, 4) is 0 Å². The maximum absolute atomic E-state index is 12.7. The number of hydrogen-bond acceptors (Lipinski definition) is 5. The summed E-state index contributed by atoms with van der Waals surface area (Å²) in [6.45, 7) is 7.77. The van der Waals surface area contributed by atoms with Crippen LogP contribution in [-0.2, 0) is 23.8 Å². The van der Waals surface area contributed by atoms with E-state index in [1.54, 1.807) is 0 Å². The first-order chi connectivity index (χ1) is 27.6. The van der Waals surface area contributed by atoms with Gasteiger partial charge in [0, 0.05) is 19.4 Å². The van der Waals surface area contributed by atoms with E-state index < -0.39 is 6.10 Å². The number of hydrogen-bond donors (Lipinski definition) is 0. The van der Waals surface area contributed by atoms with Gasteiger partial charge < -0.3 is 14.2 Å². The molecule has 0 heterocycles. The lowest BCUT2D eigenvalue weighted by atomic mass is 10.1. The van der Waals surface area contributed by atoms with Gasteiger partial charge in [0.25, 0.3) is 0 Å². The molecule has 0 spiro atoms. The minimum absolute atomic E-state index is 0.0828. The molecule has 0 aliphatic heterocycles. The minimum atomic E-state index is -0.536. The minimum Gasteiger partial charge on any atom is -0.462 e. The summed E-state index contributed by atoms with van der Waals surface area (Å²) in [7, 11) is 0. The molecule has 0 amide bonds. The monoisotopic (exact) mass is 787 g/mol. The van der Waals surface area contributed by atoms with Crippen LogP contribution in [0.15, 0.2) is 36.5 Å².